The molecule has 67 heavy (non-hydrogen) atoms. The van der Waals surface area contributed by atoms with Crippen LogP contribution in [0.3, 0.4) is 0 Å². The molecule has 15 nitrogen and oxygen atoms in total. The maximum Gasteiger partial charge on any atom is 0.427 e. The first-order valence-electron chi connectivity index (χ1n) is 22.7. The minimum atomic E-state index is -4.93. The molecule has 7 atom stereocenters. The molecule has 19 heteroatoms. The summed E-state index contributed by atoms with van der Waals surface area (Å²) in [4.78, 5) is 67.4. The van der Waals surface area contributed by atoms with Crippen LogP contribution in [0.25, 0.3) is 22.5 Å². The molecule has 3 N–H and O–H groups in total. The smallest absolute Gasteiger partial charge is 0.427 e. The third-order valence-corrected chi connectivity index (χ3v) is 15.3. The van der Waals surface area contributed by atoms with Crippen molar-refractivity contribution in [3.8, 4) is 34.0 Å². The minimum Gasteiger partial charge on any atom is -0.491 e. The van der Waals surface area contributed by atoms with E-state index in [4.69, 9.17) is 19.2 Å². The van der Waals surface area contributed by atoms with Crippen LogP contribution in [0.15, 0.2) is 73.1 Å². The van der Waals surface area contributed by atoms with E-state index in [1.54, 1.807) is 56.6 Å². The molecule has 362 valence electrons. The molecule has 3 aromatic rings. The molecule has 4 heterocycles. The highest BCUT2D eigenvalue weighted by atomic mass is 32.2. The van der Waals surface area contributed by atoms with Crippen LogP contribution in [0.5, 0.6) is 11.5 Å². The average Bonchev–Trinajstić information content (AvgIpc) is 4.14. The molecule has 2 saturated carbocycles. The highest BCUT2D eigenvalue weighted by Crippen LogP contribution is 2.48. The lowest BCUT2D eigenvalue weighted by Crippen LogP contribution is -2.59. The molecule has 4 aliphatic rings. The molecular formula is C48H59F3N6O9S. The van der Waals surface area contributed by atoms with E-state index in [1.807, 2.05) is 51.1 Å². The number of carbonyl (C=O) groups excluding carboxylic acids is 4. The summed E-state index contributed by atoms with van der Waals surface area (Å²) in [5.74, 6) is -2.75. The molecule has 2 aromatic heterocycles. The van der Waals surface area contributed by atoms with Crippen molar-refractivity contribution in [1.82, 2.24) is 30.2 Å². The highest BCUT2D eigenvalue weighted by molar-refractivity contribution is 7.91. The number of sulfonamides is 1. The molecule has 0 radical (unpaired) electrons. The van der Waals surface area contributed by atoms with Gasteiger partial charge in [-0.2, -0.15) is 13.2 Å². The van der Waals surface area contributed by atoms with E-state index in [9.17, 15) is 36.0 Å². The highest BCUT2D eigenvalue weighted by Gasteiger charge is 2.63. The van der Waals surface area contributed by atoms with Crippen molar-refractivity contribution in [3.63, 3.8) is 0 Å². The quantitative estimate of drug-likeness (QED) is 0.164. The van der Waals surface area contributed by atoms with Crippen molar-refractivity contribution in [3.05, 3.63) is 73.1 Å². The Bertz CT molecular complexity index is 2480. The number of aromatic nitrogens is 2. The van der Waals surface area contributed by atoms with Crippen LogP contribution >= 0.6 is 0 Å². The van der Waals surface area contributed by atoms with Crippen LogP contribution in [-0.4, -0.2) is 100 Å². The summed E-state index contributed by atoms with van der Waals surface area (Å²) in [7, 11) is -4.11. The number of benzene rings is 1. The van der Waals surface area contributed by atoms with Crippen LogP contribution in [-0.2, 0) is 29.1 Å². The molecule has 3 fully saturated rings. The van der Waals surface area contributed by atoms with Gasteiger partial charge in [-0.05, 0) is 121 Å². The van der Waals surface area contributed by atoms with Crippen molar-refractivity contribution < 1.29 is 55.0 Å². The van der Waals surface area contributed by atoms with Crippen LogP contribution in [0.4, 0.5) is 18.0 Å². The standard InChI is InChI=1S/C48H59F3N6O9S/c1-28(2)64-34-14-12-31(13-15-34)37-23-35(24-38(53-37)32-16-20-52-21-17-32)65-36-25-39-41(58)55-47(43(60)56-67(62,63)46(7)18-19-46)26-33(47)11-9-8-10-29(3)22-30(4)40(42(59)57(39)27-36)54-44(61)66-45(5,6)48(49,50)51/h9,11-17,20-21,23-24,28-30,33,36,39-40H,8,10,18-19,22,25-27H2,1-7H3,(H,54,61)(H,55,58)(H,56,60). The van der Waals surface area contributed by atoms with Gasteiger partial charge in [0.1, 0.15) is 35.2 Å². The summed E-state index contributed by atoms with van der Waals surface area (Å²) in [6.45, 7) is 10.2. The molecule has 7 rings (SSSR count). The Kier molecular flexibility index (Phi) is 13.8. The number of amides is 4. The maximum absolute atomic E-state index is 15.0. The fraction of sp³-hybridized carbons (Fsp3) is 0.542. The van der Waals surface area contributed by atoms with Gasteiger partial charge >= 0.3 is 12.3 Å². The number of carbonyl (C=O) groups is 4. The van der Waals surface area contributed by atoms with Gasteiger partial charge in [-0.25, -0.2) is 18.2 Å². The second kappa shape index (κ2) is 18.8. The van der Waals surface area contributed by atoms with E-state index in [1.165, 1.54) is 4.90 Å². The van der Waals surface area contributed by atoms with Crippen molar-refractivity contribution in [2.45, 2.75) is 140 Å². The summed E-state index contributed by atoms with van der Waals surface area (Å²) in [5.41, 5.74) is -2.05. The van der Waals surface area contributed by atoms with Crippen LogP contribution in [0, 0.1) is 17.8 Å². The summed E-state index contributed by atoms with van der Waals surface area (Å²) < 4.78 is 86.7. The largest absolute Gasteiger partial charge is 0.491 e. The Labute approximate surface area is 389 Å². The molecular weight excluding hydrogens is 894 g/mol. The van der Waals surface area contributed by atoms with Gasteiger partial charge in [-0.1, -0.05) is 26.0 Å². The van der Waals surface area contributed by atoms with E-state index in [-0.39, 0.29) is 31.4 Å². The molecule has 1 aromatic carbocycles. The van der Waals surface area contributed by atoms with E-state index in [0.717, 1.165) is 11.1 Å². The topological polar surface area (TPSA) is 195 Å². The number of hydrogen-bond donors (Lipinski definition) is 3. The van der Waals surface area contributed by atoms with E-state index < -0.39 is 85.9 Å². The van der Waals surface area contributed by atoms with E-state index in [0.29, 0.717) is 68.8 Å². The van der Waals surface area contributed by atoms with Gasteiger partial charge in [-0.15, -0.1) is 0 Å². The zero-order valence-electron chi connectivity index (χ0n) is 38.7. The Morgan fingerprint density at radius 2 is 1.60 bits per heavy atom. The van der Waals surface area contributed by atoms with Crippen LogP contribution in [0.1, 0.15) is 93.4 Å². The number of pyridine rings is 2. The molecule has 4 amide bonds. The van der Waals surface area contributed by atoms with Crippen molar-refractivity contribution in [1.29, 1.82) is 0 Å². The predicted molar refractivity (Wildman–Crippen MR) is 242 cm³/mol. The molecule has 2 aliphatic heterocycles. The minimum absolute atomic E-state index is 0.0425. The first-order chi connectivity index (χ1) is 31.4. The summed E-state index contributed by atoms with van der Waals surface area (Å²) in [6, 6.07) is 11.5. The second-order valence-corrected chi connectivity index (χ2v) is 21.7. The fourth-order valence-electron chi connectivity index (χ4n) is 8.60. The number of halogens is 3. The number of hydrogen-bond acceptors (Lipinski definition) is 11. The SMILES string of the molecule is CC1CCC=CC2CC2(C(=O)NS(=O)(=O)C2(C)CC2)NC(=O)C2CC(Oc3cc(-c4ccncc4)nc(-c4ccc(OC(C)C)cc4)c3)CN2C(=O)C(NC(=O)OC(C)(C)C(F)(F)F)C(C)C1. The zero-order valence-corrected chi connectivity index (χ0v) is 39.5. The lowest BCUT2D eigenvalue weighted by Gasteiger charge is -2.34. The predicted octanol–water partition coefficient (Wildman–Crippen LogP) is 7.27. The van der Waals surface area contributed by atoms with E-state index in [2.05, 4.69) is 20.3 Å². The molecule has 0 spiro atoms. The Balaban J connectivity index is 1.25. The number of nitrogens with zero attached hydrogens (tertiary/aromatic N) is 3. The van der Waals surface area contributed by atoms with Crippen molar-refractivity contribution in [2.75, 3.05) is 6.54 Å². The van der Waals surface area contributed by atoms with Gasteiger partial charge in [0.2, 0.25) is 27.4 Å². The average molecular weight is 953 g/mol. The third kappa shape index (κ3) is 11.0. The fourth-order valence-corrected chi connectivity index (χ4v) is 9.92. The lowest BCUT2D eigenvalue weighted by molar-refractivity contribution is -0.244. The third-order valence-electron chi connectivity index (χ3n) is 13.2. The van der Waals surface area contributed by atoms with Gasteiger partial charge in [0.15, 0.2) is 0 Å². The Hall–Kier alpha value is -5.72. The lowest BCUT2D eigenvalue weighted by atomic mass is 9.88. The first kappa shape index (κ1) is 49.2. The van der Waals surface area contributed by atoms with E-state index >= 15 is 4.79 Å². The van der Waals surface area contributed by atoms with Crippen molar-refractivity contribution in [2.24, 2.45) is 17.8 Å². The second-order valence-electron chi connectivity index (χ2n) is 19.5. The maximum atomic E-state index is 15.0. The number of allylic oxidation sites excluding steroid dienone is 1. The van der Waals surface area contributed by atoms with Gasteiger partial charge < -0.3 is 29.7 Å². The van der Waals surface area contributed by atoms with Crippen LogP contribution in [0.2, 0.25) is 0 Å². The van der Waals surface area contributed by atoms with Crippen LogP contribution < -0.4 is 24.8 Å². The number of rotatable bonds is 11. The Morgan fingerprint density at radius 3 is 2.21 bits per heavy atom. The zero-order chi connectivity index (χ0) is 48.7. The van der Waals surface area contributed by atoms with Gasteiger partial charge in [0.25, 0.3) is 5.91 Å². The summed E-state index contributed by atoms with van der Waals surface area (Å²) in [5, 5.41) is 5.24. The number of nitrogens with one attached hydrogen (secondary N) is 3. The number of alkyl carbamates (subject to hydrolysis) is 1. The summed E-state index contributed by atoms with van der Waals surface area (Å²) in [6.07, 6.45) is 1.75. The molecule has 0 bridgehead atoms. The number of ether oxygens (including phenoxy) is 3. The Morgan fingerprint density at radius 1 is 0.955 bits per heavy atom. The van der Waals surface area contributed by atoms with Gasteiger partial charge in [0.05, 0.1) is 28.8 Å². The first-order valence-corrected chi connectivity index (χ1v) is 24.2. The van der Waals surface area contributed by atoms with Gasteiger partial charge in [0, 0.05) is 48.0 Å². The monoisotopic (exact) mass is 952 g/mol. The normalized spacial score (nSPS) is 26.5. The summed E-state index contributed by atoms with van der Waals surface area (Å²) >= 11 is 0. The number of alkyl halides is 3. The van der Waals surface area contributed by atoms with Crippen molar-refractivity contribution >= 4 is 33.8 Å². The number of fused-ring (bicyclic) bond motifs is 2. The molecule has 7 unspecified atom stereocenters. The molecule has 2 aliphatic carbocycles. The van der Waals surface area contributed by atoms with Gasteiger partial charge in [-0.3, -0.25) is 24.1 Å². The molecule has 1 saturated heterocycles.